The Hall–Kier alpha value is -2.13. The van der Waals surface area contributed by atoms with Crippen molar-refractivity contribution in [3.8, 4) is 5.75 Å². The number of fused-ring (bicyclic) bond motifs is 2. The highest BCUT2D eigenvalue weighted by Crippen LogP contribution is 2.41. The second kappa shape index (κ2) is 7.01. The fourth-order valence-corrected chi connectivity index (χ4v) is 4.33. The lowest BCUT2D eigenvalue weighted by Gasteiger charge is -2.45. The fraction of sp³-hybridized carbons (Fsp3) is 0.364. The zero-order chi connectivity index (χ0) is 17.2. The molecule has 3 heteroatoms. The zero-order valence-corrected chi connectivity index (χ0v) is 14.6. The zero-order valence-electron chi connectivity index (χ0n) is 14.6. The first-order chi connectivity index (χ1) is 12.3. The van der Waals surface area contributed by atoms with Crippen molar-refractivity contribution in [3.05, 3.63) is 71.6 Å². The van der Waals surface area contributed by atoms with Crippen LogP contribution in [0, 0.1) is 5.82 Å². The van der Waals surface area contributed by atoms with Gasteiger partial charge in [0.1, 0.15) is 11.6 Å². The van der Waals surface area contributed by atoms with Crippen LogP contribution in [0.3, 0.4) is 0 Å². The van der Waals surface area contributed by atoms with Gasteiger partial charge in [-0.3, -0.25) is 4.90 Å². The van der Waals surface area contributed by atoms with Crippen molar-refractivity contribution in [1.82, 2.24) is 4.90 Å². The van der Waals surface area contributed by atoms with Crippen molar-refractivity contribution in [1.29, 1.82) is 0 Å². The molecular weight excluding hydrogens is 313 g/mol. The second-order valence-electron chi connectivity index (χ2n) is 7.02. The highest BCUT2D eigenvalue weighted by atomic mass is 19.1. The topological polar surface area (TPSA) is 12.5 Å². The molecule has 2 aromatic carbocycles. The maximum atomic E-state index is 14.5. The predicted octanol–water partition coefficient (Wildman–Crippen LogP) is 5.04. The van der Waals surface area contributed by atoms with Crippen LogP contribution in [0.2, 0.25) is 0 Å². The largest absolute Gasteiger partial charge is 0.496 e. The van der Waals surface area contributed by atoms with E-state index in [0.717, 1.165) is 25.0 Å². The third-order valence-corrected chi connectivity index (χ3v) is 5.51. The lowest BCUT2D eigenvalue weighted by Crippen LogP contribution is -2.47. The van der Waals surface area contributed by atoms with E-state index in [1.54, 1.807) is 13.2 Å². The molecule has 0 spiro atoms. The number of ether oxygens (including phenoxy) is 1. The molecule has 130 valence electrons. The molecule has 2 heterocycles. The summed E-state index contributed by atoms with van der Waals surface area (Å²) < 4.78 is 19.9. The van der Waals surface area contributed by atoms with Gasteiger partial charge in [0.15, 0.2) is 0 Å². The Balaban J connectivity index is 1.66. The van der Waals surface area contributed by atoms with Gasteiger partial charge < -0.3 is 4.74 Å². The molecule has 2 nitrogen and oxygen atoms in total. The van der Waals surface area contributed by atoms with Crippen molar-refractivity contribution < 1.29 is 9.13 Å². The minimum absolute atomic E-state index is 0.180. The average Bonchev–Trinajstić information content (AvgIpc) is 2.62. The van der Waals surface area contributed by atoms with Gasteiger partial charge in [0.2, 0.25) is 0 Å². The standard InChI is InChI=1S/C22H24FNO/c1-25-21-12-6-11-20(23)22(21)17-13-18-9-5-10-19(14-17)24(18)15-16-7-3-2-4-8-16/h2-4,6-8,11-13,18-19H,5,9-10,14-15H2,1H3. The van der Waals surface area contributed by atoms with E-state index in [2.05, 4.69) is 41.3 Å². The van der Waals surface area contributed by atoms with Crippen LogP contribution in [0.1, 0.15) is 36.8 Å². The molecule has 4 rings (SSSR count). The molecule has 0 aromatic heterocycles. The monoisotopic (exact) mass is 337 g/mol. The summed E-state index contributed by atoms with van der Waals surface area (Å²) in [6.07, 6.45) is 6.74. The highest BCUT2D eigenvalue weighted by Gasteiger charge is 2.35. The maximum Gasteiger partial charge on any atom is 0.134 e. The van der Waals surface area contributed by atoms with Crippen molar-refractivity contribution in [2.45, 2.75) is 44.3 Å². The third kappa shape index (κ3) is 3.21. The molecular formula is C22H24FNO. The fourth-order valence-electron chi connectivity index (χ4n) is 4.33. The van der Waals surface area contributed by atoms with Crippen molar-refractivity contribution >= 4 is 5.57 Å². The highest BCUT2D eigenvalue weighted by molar-refractivity contribution is 5.73. The molecule has 2 bridgehead atoms. The summed E-state index contributed by atoms with van der Waals surface area (Å²) >= 11 is 0. The number of halogens is 1. The Morgan fingerprint density at radius 2 is 1.92 bits per heavy atom. The molecule has 0 radical (unpaired) electrons. The predicted molar refractivity (Wildman–Crippen MR) is 99.0 cm³/mol. The number of hydrogen-bond donors (Lipinski definition) is 0. The van der Waals surface area contributed by atoms with E-state index in [1.807, 2.05) is 6.07 Å². The van der Waals surface area contributed by atoms with Crippen LogP contribution >= 0.6 is 0 Å². The molecule has 2 aliphatic rings. The van der Waals surface area contributed by atoms with E-state index in [1.165, 1.54) is 24.5 Å². The van der Waals surface area contributed by atoms with E-state index >= 15 is 0 Å². The normalized spacial score (nSPS) is 23.2. The van der Waals surface area contributed by atoms with E-state index in [9.17, 15) is 4.39 Å². The molecule has 1 fully saturated rings. The summed E-state index contributed by atoms with van der Waals surface area (Å²) in [5, 5.41) is 0. The quantitative estimate of drug-likeness (QED) is 0.774. The second-order valence-corrected chi connectivity index (χ2v) is 7.02. The smallest absolute Gasteiger partial charge is 0.134 e. The Labute approximate surface area is 148 Å². The number of nitrogens with zero attached hydrogens (tertiary/aromatic N) is 1. The maximum absolute atomic E-state index is 14.5. The van der Waals surface area contributed by atoms with Crippen molar-refractivity contribution in [2.24, 2.45) is 0 Å². The Morgan fingerprint density at radius 1 is 1.08 bits per heavy atom. The molecule has 2 aliphatic heterocycles. The molecule has 2 unspecified atom stereocenters. The van der Waals surface area contributed by atoms with Gasteiger partial charge in [-0.05, 0) is 42.5 Å². The van der Waals surface area contributed by atoms with Gasteiger partial charge in [0.25, 0.3) is 0 Å². The molecule has 1 saturated heterocycles. The van der Waals surface area contributed by atoms with Crippen LogP contribution in [0.25, 0.3) is 5.57 Å². The van der Waals surface area contributed by atoms with Gasteiger partial charge in [-0.15, -0.1) is 0 Å². The molecule has 0 aliphatic carbocycles. The minimum atomic E-state index is -0.180. The number of rotatable bonds is 4. The summed E-state index contributed by atoms with van der Waals surface area (Å²) in [6, 6.07) is 16.6. The van der Waals surface area contributed by atoms with Gasteiger partial charge in [-0.25, -0.2) is 4.39 Å². The molecule has 2 atom stereocenters. The van der Waals surface area contributed by atoms with Crippen LogP contribution in [0.15, 0.2) is 54.6 Å². The van der Waals surface area contributed by atoms with Crippen LogP contribution < -0.4 is 4.74 Å². The van der Waals surface area contributed by atoms with Crippen LogP contribution in [0.5, 0.6) is 5.75 Å². The number of hydrogen-bond acceptors (Lipinski definition) is 2. The summed E-state index contributed by atoms with van der Waals surface area (Å²) in [6.45, 7) is 0.967. The average molecular weight is 337 g/mol. The molecule has 0 N–H and O–H groups in total. The van der Waals surface area contributed by atoms with Crippen LogP contribution in [-0.4, -0.2) is 24.1 Å². The van der Waals surface area contributed by atoms with Gasteiger partial charge in [-0.1, -0.05) is 48.9 Å². The number of methoxy groups -OCH3 is 1. The van der Waals surface area contributed by atoms with Crippen molar-refractivity contribution in [2.75, 3.05) is 7.11 Å². The van der Waals surface area contributed by atoms with E-state index < -0.39 is 0 Å². The Bertz CT molecular complexity index is 771. The number of benzene rings is 2. The van der Waals surface area contributed by atoms with E-state index in [-0.39, 0.29) is 5.82 Å². The van der Waals surface area contributed by atoms with Gasteiger partial charge >= 0.3 is 0 Å². The van der Waals surface area contributed by atoms with Gasteiger partial charge in [0.05, 0.1) is 12.7 Å². The SMILES string of the molecule is COc1cccc(F)c1C1=CC2CCCC(C1)N2Cc1ccccc1. The first-order valence-corrected chi connectivity index (χ1v) is 9.09. The molecule has 0 saturated carbocycles. The van der Waals surface area contributed by atoms with Crippen molar-refractivity contribution in [3.63, 3.8) is 0 Å². The Morgan fingerprint density at radius 3 is 2.68 bits per heavy atom. The van der Waals surface area contributed by atoms with E-state index in [0.29, 0.717) is 23.4 Å². The Kier molecular flexibility index (Phi) is 4.58. The van der Waals surface area contributed by atoms with E-state index in [4.69, 9.17) is 4.74 Å². The van der Waals surface area contributed by atoms with Crippen LogP contribution in [0.4, 0.5) is 4.39 Å². The first-order valence-electron chi connectivity index (χ1n) is 9.09. The number of piperidine rings is 1. The van der Waals surface area contributed by atoms with Gasteiger partial charge in [-0.2, -0.15) is 0 Å². The molecule has 2 aromatic rings. The minimum Gasteiger partial charge on any atom is -0.496 e. The summed E-state index contributed by atoms with van der Waals surface area (Å²) in [5.41, 5.74) is 3.11. The first kappa shape index (κ1) is 16.3. The molecule has 25 heavy (non-hydrogen) atoms. The third-order valence-electron chi connectivity index (χ3n) is 5.51. The lowest BCUT2D eigenvalue weighted by molar-refractivity contribution is 0.0950. The summed E-state index contributed by atoms with van der Waals surface area (Å²) in [5.74, 6) is 0.459. The van der Waals surface area contributed by atoms with Gasteiger partial charge in [0, 0.05) is 18.6 Å². The summed E-state index contributed by atoms with van der Waals surface area (Å²) in [4.78, 5) is 2.59. The summed E-state index contributed by atoms with van der Waals surface area (Å²) in [7, 11) is 1.62. The van der Waals surface area contributed by atoms with Crippen LogP contribution in [-0.2, 0) is 6.54 Å². The molecule has 0 amide bonds. The lowest BCUT2D eigenvalue weighted by atomic mass is 9.82.